The van der Waals surface area contributed by atoms with Gasteiger partial charge in [0.05, 0.1) is 6.04 Å². The van der Waals surface area contributed by atoms with E-state index in [2.05, 4.69) is 9.71 Å². The summed E-state index contributed by atoms with van der Waals surface area (Å²) in [5, 5.41) is 0. The Labute approximate surface area is 141 Å². The van der Waals surface area contributed by atoms with Gasteiger partial charge in [0.15, 0.2) is 0 Å². The van der Waals surface area contributed by atoms with E-state index >= 15 is 0 Å². The first-order valence-corrected chi connectivity index (χ1v) is 9.23. The van der Waals surface area contributed by atoms with Crippen molar-refractivity contribution in [1.82, 2.24) is 19.2 Å². The van der Waals surface area contributed by atoms with Crippen molar-refractivity contribution in [1.29, 1.82) is 0 Å². The Morgan fingerprint density at radius 3 is 2.71 bits per heavy atom. The highest BCUT2D eigenvalue weighted by molar-refractivity contribution is 7.89. The average Bonchev–Trinajstić information content (AvgIpc) is 3.22. The second kappa shape index (κ2) is 6.37. The molecule has 2 aromatic rings. The minimum absolute atomic E-state index is 0.000225. The lowest BCUT2D eigenvalue weighted by molar-refractivity contribution is 0.0726. The molecule has 24 heavy (non-hydrogen) atoms. The van der Waals surface area contributed by atoms with Crippen molar-refractivity contribution in [2.75, 3.05) is 13.6 Å². The topological polar surface area (TPSA) is 84.3 Å². The van der Waals surface area contributed by atoms with Crippen LogP contribution in [0.1, 0.15) is 34.9 Å². The third-order valence-electron chi connectivity index (χ3n) is 4.38. The fraction of sp³-hybridized carbons (Fsp3) is 0.375. The molecule has 128 valence electrons. The van der Waals surface area contributed by atoms with Gasteiger partial charge in [0.1, 0.15) is 10.6 Å². The lowest BCUT2D eigenvalue weighted by atomic mass is 10.1. The van der Waals surface area contributed by atoms with Crippen LogP contribution in [-0.4, -0.2) is 42.4 Å². The van der Waals surface area contributed by atoms with E-state index < -0.39 is 10.0 Å². The van der Waals surface area contributed by atoms with Crippen molar-refractivity contribution in [2.45, 2.75) is 23.8 Å². The summed E-state index contributed by atoms with van der Waals surface area (Å²) in [5.41, 5.74) is 1.41. The van der Waals surface area contributed by atoms with Gasteiger partial charge >= 0.3 is 0 Å². The second-order valence-corrected chi connectivity index (χ2v) is 7.70. The fourth-order valence-electron chi connectivity index (χ4n) is 3.10. The van der Waals surface area contributed by atoms with Gasteiger partial charge in [-0.05, 0) is 43.7 Å². The number of sulfonamides is 1. The molecule has 0 aromatic carbocycles. The van der Waals surface area contributed by atoms with Gasteiger partial charge in [-0.2, -0.15) is 0 Å². The van der Waals surface area contributed by atoms with Gasteiger partial charge in [-0.25, -0.2) is 13.1 Å². The smallest absolute Gasteiger partial charge is 0.271 e. The van der Waals surface area contributed by atoms with Crippen LogP contribution < -0.4 is 4.72 Å². The van der Waals surface area contributed by atoms with Crippen molar-refractivity contribution in [3.63, 3.8) is 0 Å². The molecule has 0 aliphatic carbocycles. The van der Waals surface area contributed by atoms with Crippen molar-refractivity contribution in [3.05, 3.63) is 48.0 Å². The van der Waals surface area contributed by atoms with Gasteiger partial charge in [-0.3, -0.25) is 9.78 Å². The molecule has 1 saturated heterocycles. The highest BCUT2D eigenvalue weighted by Crippen LogP contribution is 2.33. The standard InChI is InChI=1S/C16H20N4O3S/c1-17-24(22,23)13-10-15(19(2)11-13)16(21)20-9-3-4-14(20)12-5-7-18-8-6-12/h5-8,10-11,14,17H,3-4,9H2,1-2H3. The van der Waals surface area contributed by atoms with Gasteiger partial charge in [0.25, 0.3) is 5.91 Å². The van der Waals surface area contributed by atoms with Crippen LogP contribution in [0.5, 0.6) is 0 Å². The third kappa shape index (κ3) is 2.94. The summed E-state index contributed by atoms with van der Waals surface area (Å²) in [6.07, 6.45) is 6.70. The maximum atomic E-state index is 13.0. The molecular formula is C16H20N4O3S. The summed E-state index contributed by atoms with van der Waals surface area (Å²) < 4.78 is 27.7. The number of carbonyl (C=O) groups excluding carboxylic acids is 1. The number of carbonyl (C=O) groups is 1. The summed E-state index contributed by atoms with van der Waals surface area (Å²) in [7, 11) is -0.541. The quantitative estimate of drug-likeness (QED) is 0.903. The molecule has 1 unspecified atom stereocenters. The Hall–Kier alpha value is -2.19. The molecule has 7 nitrogen and oxygen atoms in total. The number of amides is 1. The summed E-state index contributed by atoms with van der Waals surface area (Å²) in [6.45, 7) is 0.658. The number of aryl methyl sites for hydroxylation is 1. The maximum Gasteiger partial charge on any atom is 0.271 e. The van der Waals surface area contributed by atoms with Crippen LogP contribution in [-0.2, 0) is 17.1 Å². The van der Waals surface area contributed by atoms with Crippen molar-refractivity contribution in [2.24, 2.45) is 7.05 Å². The molecular weight excluding hydrogens is 328 g/mol. The van der Waals surface area contributed by atoms with E-state index in [9.17, 15) is 13.2 Å². The van der Waals surface area contributed by atoms with Gasteiger partial charge in [-0.1, -0.05) is 0 Å². The van der Waals surface area contributed by atoms with Gasteiger partial charge in [0, 0.05) is 32.2 Å². The van der Waals surface area contributed by atoms with Crippen molar-refractivity contribution >= 4 is 15.9 Å². The molecule has 1 fully saturated rings. The molecule has 8 heteroatoms. The maximum absolute atomic E-state index is 13.0. The second-order valence-electron chi connectivity index (χ2n) is 5.82. The molecule has 1 amide bonds. The number of hydrogen-bond donors (Lipinski definition) is 1. The van der Waals surface area contributed by atoms with Crippen LogP contribution in [0.3, 0.4) is 0 Å². The predicted molar refractivity (Wildman–Crippen MR) is 88.9 cm³/mol. The molecule has 1 aliphatic rings. The Morgan fingerprint density at radius 1 is 1.33 bits per heavy atom. The molecule has 3 heterocycles. The number of rotatable bonds is 4. The summed E-state index contributed by atoms with van der Waals surface area (Å²) in [6, 6.07) is 5.26. The zero-order valence-corrected chi connectivity index (χ0v) is 14.5. The minimum Gasteiger partial charge on any atom is -0.345 e. The number of nitrogens with zero attached hydrogens (tertiary/aromatic N) is 3. The largest absolute Gasteiger partial charge is 0.345 e. The van der Waals surface area contributed by atoms with Gasteiger partial charge < -0.3 is 9.47 Å². The van der Waals surface area contributed by atoms with Crippen LogP contribution in [0.2, 0.25) is 0 Å². The Kier molecular flexibility index (Phi) is 4.42. The first-order valence-electron chi connectivity index (χ1n) is 7.75. The SMILES string of the molecule is CNS(=O)(=O)c1cc(C(=O)N2CCCC2c2ccncc2)n(C)c1. The van der Waals surface area contributed by atoms with Gasteiger partial charge in [-0.15, -0.1) is 0 Å². The first kappa shape index (κ1) is 16.7. The molecule has 1 N–H and O–H groups in total. The molecule has 3 rings (SSSR count). The van der Waals surface area contributed by atoms with E-state index in [0.29, 0.717) is 12.2 Å². The van der Waals surface area contributed by atoms with E-state index in [0.717, 1.165) is 18.4 Å². The molecule has 0 spiro atoms. The van der Waals surface area contributed by atoms with Crippen LogP contribution in [0.25, 0.3) is 0 Å². The Bertz CT molecular complexity index is 845. The lowest BCUT2D eigenvalue weighted by Gasteiger charge is -2.25. The zero-order chi connectivity index (χ0) is 17.3. The molecule has 0 bridgehead atoms. The highest BCUT2D eigenvalue weighted by Gasteiger charge is 2.32. The lowest BCUT2D eigenvalue weighted by Crippen LogP contribution is -2.31. The first-order chi connectivity index (χ1) is 11.4. The minimum atomic E-state index is -3.57. The number of nitrogens with one attached hydrogen (secondary N) is 1. The Balaban J connectivity index is 1.92. The van der Waals surface area contributed by atoms with E-state index in [1.54, 1.807) is 28.9 Å². The highest BCUT2D eigenvalue weighted by atomic mass is 32.2. The van der Waals surface area contributed by atoms with Crippen LogP contribution >= 0.6 is 0 Å². The number of pyridine rings is 1. The molecule has 1 aliphatic heterocycles. The number of aromatic nitrogens is 2. The van der Waals surface area contributed by atoms with E-state index in [4.69, 9.17) is 0 Å². The molecule has 2 aromatic heterocycles. The normalized spacial score (nSPS) is 18.1. The van der Waals surface area contributed by atoms with Gasteiger partial charge in [0.2, 0.25) is 10.0 Å². The number of likely N-dealkylation sites (tertiary alicyclic amines) is 1. The number of hydrogen-bond acceptors (Lipinski definition) is 4. The van der Waals surface area contributed by atoms with Crippen molar-refractivity contribution in [3.8, 4) is 0 Å². The monoisotopic (exact) mass is 348 g/mol. The predicted octanol–water partition coefficient (Wildman–Crippen LogP) is 1.31. The molecule has 0 radical (unpaired) electrons. The molecule has 0 saturated carbocycles. The van der Waals surface area contributed by atoms with E-state index in [1.165, 1.54) is 19.3 Å². The Morgan fingerprint density at radius 2 is 2.04 bits per heavy atom. The van der Waals surface area contributed by atoms with E-state index in [-0.39, 0.29) is 16.8 Å². The van der Waals surface area contributed by atoms with Crippen LogP contribution in [0.4, 0.5) is 0 Å². The van der Waals surface area contributed by atoms with E-state index in [1.807, 2.05) is 12.1 Å². The fourth-order valence-corrected chi connectivity index (χ4v) is 3.90. The summed E-state index contributed by atoms with van der Waals surface area (Å²) >= 11 is 0. The van der Waals surface area contributed by atoms with Crippen molar-refractivity contribution < 1.29 is 13.2 Å². The summed E-state index contributed by atoms with van der Waals surface area (Å²) in [5.74, 6) is -0.158. The zero-order valence-electron chi connectivity index (χ0n) is 13.6. The summed E-state index contributed by atoms with van der Waals surface area (Å²) in [4.78, 5) is 18.9. The third-order valence-corrected chi connectivity index (χ3v) is 5.76. The average molecular weight is 348 g/mol. The van der Waals surface area contributed by atoms with Crippen LogP contribution in [0, 0.1) is 0 Å². The van der Waals surface area contributed by atoms with Crippen LogP contribution in [0.15, 0.2) is 41.7 Å². The molecule has 1 atom stereocenters.